The van der Waals surface area contributed by atoms with E-state index < -0.39 is 20.7 Å². The molecule has 0 amide bonds. The minimum Gasteiger partial charge on any atom is -0.389 e. The zero-order valence-electron chi connectivity index (χ0n) is 10.5. The summed E-state index contributed by atoms with van der Waals surface area (Å²) in [5.41, 5.74) is 5.93. The predicted molar refractivity (Wildman–Crippen MR) is 84.5 cm³/mol. The Balaban J connectivity index is 2.49. The number of nitrogens with one attached hydrogen (secondary N) is 1. The summed E-state index contributed by atoms with van der Waals surface area (Å²) in [6, 6.07) is 9.40. The van der Waals surface area contributed by atoms with E-state index in [1.54, 1.807) is 0 Å². The summed E-state index contributed by atoms with van der Waals surface area (Å²) in [6.45, 7) is 0. The van der Waals surface area contributed by atoms with Gasteiger partial charge in [-0.3, -0.25) is 4.72 Å². The number of thiocarbonyl (C=S) groups is 1. The zero-order valence-corrected chi connectivity index (χ0v) is 12.9. The Morgan fingerprint density at radius 1 is 1.24 bits per heavy atom. The summed E-state index contributed by atoms with van der Waals surface area (Å²) in [4.78, 5) is -0.475. The molecule has 0 aliphatic carbocycles. The summed E-state index contributed by atoms with van der Waals surface area (Å²) in [6.07, 6.45) is 0. The number of rotatable bonds is 4. The van der Waals surface area contributed by atoms with Crippen molar-refractivity contribution in [2.45, 2.75) is 4.90 Å². The lowest BCUT2D eigenvalue weighted by molar-refractivity contribution is 0.570. The molecule has 3 N–H and O–H groups in total. The summed E-state index contributed by atoms with van der Waals surface area (Å²) in [5.74, 6) is -0.857. The number of nitrogens with two attached hydrogens (primary N) is 1. The summed E-state index contributed by atoms with van der Waals surface area (Å²) >= 11 is 10.7. The molecule has 0 atom stereocenters. The molecule has 4 nitrogen and oxygen atoms in total. The van der Waals surface area contributed by atoms with Crippen LogP contribution in [0.2, 0.25) is 5.02 Å². The molecule has 0 bridgehead atoms. The van der Waals surface area contributed by atoms with Gasteiger partial charge in [-0.25, -0.2) is 12.8 Å². The Labute approximate surface area is 131 Å². The molecule has 21 heavy (non-hydrogen) atoms. The van der Waals surface area contributed by atoms with Gasteiger partial charge in [0.2, 0.25) is 0 Å². The summed E-state index contributed by atoms with van der Waals surface area (Å²) in [5, 5.41) is 0.293. The second kappa shape index (κ2) is 5.97. The second-order valence-corrected chi connectivity index (χ2v) is 6.62. The van der Waals surface area contributed by atoms with Crippen molar-refractivity contribution in [1.82, 2.24) is 0 Å². The van der Waals surface area contributed by atoms with Crippen molar-refractivity contribution in [2.75, 3.05) is 4.72 Å². The van der Waals surface area contributed by atoms with Gasteiger partial charge in [0.05, 0.1) is 5.69 Å². The van der Waals surface area contributed by atoms with Crippen molar-refractivity contribution < 1.29 is 12.8 Å². The van der Waals surface area contributed by atoms with Crippen molar-refractivity contribution in [2.24, 2.45) is 5.73 Å². The van der Waals surface area contributed by atoms with Crippen LogP contribution in [0.3, 0.4) is 0 Å². The molecular formula is C13H10ClFN2O2S2. The highest BCUT2D eigenvalue weighted by molar-refractivity contribution is 7.92. The average Bonchev–Trinajstić information content (AvgIpc) is 2.38. The number of hydrogen-bond acceptors (Lipinski definition) is 3. The lowest BCUT2D eigenvalue weighted by atomic mass is 10.2. The lowest BCUT2D eigenvalue weighted by Gasteiger charge is -2.12. The van der Waals surface area contributed by atoms with Gasteiger partial charge in [-0.15, -0.1) is 0 Å². The molecule has 0 spiro atoms. The molecule has 0 radical (unpaired) electrons. The maximum Gasteiger partial charge on any atom is 0.264 e. The molecular weight excluding hydrogens is 335 g/mol. The van der Waals surface area contributed by atoms with E-state index in [-0.39, 0.29) is 10.7 Å². The van der Waals surface area contributed by atoms with E-state index in [0.717, 1.165) is 12.1 Å². The third kappa shape index (κ3) is 3.49. The van der Waals surface area contributed by atoms with Gasteiger partial charge in [-0.2, -0.15) is 0 Å². The molecule has 0 unspecified atom stereocenters. The largest absolute Gasteiger partial charge is 0.389 e. The fourth-order valence-electron chi connectivity index (χ4n) is 1.68. The fourth-order valence-corrected chi connectivity index (χ4v) is 3.18. The van der Waals surface area contributed by atoms with Crippen LogP contribution >= 0.6 is 23.8 Å². The number of benzene rings is 2. The highest BCUT2D eigenvalue weighted by Crippen LogP contribution is 2.25. The number of halogens is 2. The highest BCUT2D eigenvalue weighted by atomic mass is 35.5. The Morgan fingerprint density at radius 3 is 2.52 bits per heavy atom. The van der Waals surface area contributed by atoms with Crippen LogP contribution < -0.4 is 10.5 Å². The van der Waals surface area contributed by atoms with E-state index in [1.165, 1.54) is 30.3 Å². The predicted octanol–water partition coefficient (Wildman–Crippen LogP) is 2.91. The zero-order chi connectivity index (χ0) is 15.6. The van der Waals surface area contributed by atoms with E-state index in [1.807, 2.05) is 0 Å². The third-order valence-electron chi connectivity index (χ3n) is 2.62. The van der Waals surface area contributed by atoms with E-state index in [2.05, 4.69) is 4.72 Å². The van der Waals surface area contributed by atoms with E-state index in [0.29, 0.717) is 10.6 Å². The highest BCUT2D eigenvalue weighted by Gasteiger charge is 2.20. The average molecular weight is 345 g/mol. The molecule has 110 valence electrons. The summed E-state index contributed by atoms with van der Waals surface area (Å²) in [7, 11) is -4.12. The van der Waals surface area contributed by atoms with Gasteiger partial charge in [-0.1, -0.05) is 36.0 Å². The number of anilines is 1. The van der Waals surface area contributed by atoms with Crippen molar-refractivity contribution in [1.29, 1.82) is 0 Å². The first-order chi connectivity index (χ1) is 9.81. The normalized spacial score (nSPS) is 11.1. The van der Waals surface area contributed by atoms with Crippen LogP contribution in [-0.4, -0.2) is 13.4 Å². The van der Waals surface area contributed by atoms with Crippen molar-refractivity contribution in [3.63, 3.8) is 0 Å². The second-order valence-electron chi connectivity index (χ2n) is 4.09. The van der Waals surface area contributed by atoms with Gasteiger partial charge in [0.25, 0.3) is 10.0 Å². The molecule has 0 heterocycles. The molecule has 2 rings (SSSR count). The van der Waals surface area contributed by atoms with Crippen LogP contribution in [0.5, 0.6) is 0 Å². The number of hydrogen-bond donors (Lipinski definition) is 2. The van der Waals surface area contributed by atoms with Crippen LogP contribution in [0.15, 0.2) is 47.4 Å². The molecule has 0 saturated heterocycles. The number of sulfonamides is 1. The van der Waals surface area contributed by atoms with Crippen LogP contribution in [0, 0.1) is 5.82 Å². The van der Waals surface area contributed by atoms with Gasteiger partial charge in [0.15, 0.2) is 0 Å². The monoisotopic (exact) mass is 344 g/mol. The smallest absolute Gasteiger partial charge is 0.264 e. The topological polar surface area (TPSA) is 72.2 Å². The molecule has 0 aliphatic heterocycles. The molecule has 2 aromatic carbocycles. The van der Waals surface area contributed by atoms with E-state index in [4.69, 9.17) is 29.6 Å². The quantitative estimate of drug-likeness (QED) is 0.836. The van der Waals surface area contributed by atoms with E-state index in [9.17, 15) is 12.8 Å². The van der Waals surface area contributed by atoms with Crippen LogP contribution in [0.25, 0.3) is 0 Å². The molecule has 0 saturated carbocycles. The maximum atomic E-state index is 13.6. The summed E-state index contributed by atoms with van der Waals surface area (Å²) < 4.78 is 40.3. The van der Waals surface area contributed by atoms with Gasteiger partial charge < -0.3 is 5.73 Å². The van der Waals surface area contributed by atoms with Crippen molar-refractivity contribution in [3.8, 4) is 0 Å². The standard InChI is InChI=1S/C13H10ClFN2O2S2/c14-8-5-6-9(13(16)20)11(7-8)17-21(18,19)12-4-2-1-3-10(12)15/h1-7,17H,(H2,16,20). The molecule has 0 fully saturated rings. The Morgan fingerprint density at radius 2 is 1.90 bits per heavy atom. The fraction of sp³-hybridized carbons (Fsp3) is 0. The Kier molecular flexibility index (Phi) is 4.46. The first kappa shape index (κ1) is 15.7. The minimum absolute atomic E-state index is 0.00194. The van der Waals surface area contributed by atoms with Gasteiger partial charge in [-0.05, 0) is 30.3 Å². The first-order valence-electron chi connectivity index (χ1n) is 5.68. The Hall–Kier alpha value is -1.70. The lowest BCUT2D eigenvalue weighted by Crippen LogP contribution is -2.18. The minimum atomic E-state index is -4.12. The van der Waals surface area contributed by atoms with Gasteiger partial charge in [0, 0.05) is 10.6 Å². The maximum absolute atomic E-state index is 13.6. The SMILES string of the molecule is NC(=S)c1ccc(Cl)cc1NS(=O)(=O)c1ccccc1F. The van der Waals surface area contributed by atoms with Crippen LogP contribution in [0.1, 0.15) is 5.56 Å². The van der Waals surface area contributed by atoms with Gasteiger partial charge >= 0.3 is 0 Å². The van der Waals surface area contributed by atoms with Crippen molar-refractivity contribution in [3.05, 3.63) is 58.9 Å². The molecule has 0 aliphatic rings. The molecule has 0 aromatic heterocycles. The first-order valence-corrected chi connectivity index (χ1v) is 7.95. The Bertz CT molecular complexity index is 810. The molecule has 8 heteroatoms. The van der Waals surface area contributed by atoms with E-state index >= 15 is 0 Å². The third-order valence-corrected chi connectivity index (χ3v) is 4.47. The van der Waals surface area contributed by atoms with Crippen LogP contribution in [-0.2, 0) is 10.0 Å². The van der Waals surface area contributed by atoms with Crippen molar-refractivity contribution >= 4 is 44.5 Å². The van der Waals surface area contributed by atoms with Crippen LogP contribution in [0.4, 0.5) is 10.1 Å². The molecule has 2 aromatic rings. The van der Waals surface area contributed by atoms with Gasteiger partial charge in [0.1, 0.15) is 15.7 Å².